The van der Waals surface area contributed by atoms with Gasteiger partial charge in [-0.15, -0.1) is 0 Å². The highest BCUT2D eigenvalue weighted by atomic mass is 16.5. The van der Waals surface area contributed by atoms with Crippen molar-refractivity contribution in [3.05, 3.63) is 36.0 Å². The zero-order valence-electron chi connectivity index (χ0n) is 12.9. The topological polar surface area (TPSA) is 70.6 Å². The van der Waals surface area contributed by atoms with E-state index in [0.717, 1.165) is 44.2 Å². The molecule has 1 N–H and O–H groups in total. The van der Waals surface area contributed by atoms with Gasteiger partial charge < -0.3 is 9.63 Å². The standard InChI is InChI=1S/C15H23N5O2/c1-13-9-14(17-22-13)10-18-5-7-19(8-6-18)11-15(21)12-20-4-2-3-16-20/h2-4,9,15,21H,5-8,10-12H2,1H3. The van der Waals surface area contributed by atoms with Crippen LogP contribution in [-0.2, 0) is 13.1 Å². The summed E-state index contributed by atoms with van der Waals surface area (Å²) in [5.74, 6) is 0.857. The minimum Gasteiger partial charge on any atom is -0.390 e. The van der Waals surface area contributed by atoms with E-state index in [0.29, 0.717) is 13.1 Å². The largest absolute Gasteiger partial charge is 0.390 e. The minimum atomic E-state index is -0.385. The maximum atomic E-state index is 10.1. The van der Waals surface area contributed by atoms with Crippen LogP contribution in [0.4, 0.5) is 0 Å². The molecule has 1 atom stereocenters. The summed E-state index contributed by atoms with van der Waals surface area (Å²) >= 11 is 0. The molecular formula is C15H23N5O2. The zero-order chi connectivity index (χ0) is 15.4. The summed E-state index contributed by atoms with van der Waals surface area (Å²) in [6.45, 7) is 7.89. The van der Waals surface area contributed by atoms with Crippen LogP contribution in [0.3, 0.4) is 0 Å². The number of β-amino-alcohol motifs (C(OH)–C–C–N with tert-alkyl or cyclic N) is 1. The molecule has 1 aliphatic rings. The number of aryl methyl sites for hydroxylation is 1. The van der Waals surface area contributed by atoms with Gasteiger partial charge in [0.25, 0.3) is 0 Å². The van der Waals surface area contributed by atoms with Crippen molar-refractivity contribution in [1.29, 1.82) is 0 Å². The first-order valence-corrected chi connectivity index (χ1v) is 7.71. The van der Waals surface area contributed by atoms with E-state index in [1.165, 1.54) is 0 Å². The number of hydrogen-bond acceptors (Lipinski definition) is 6. The van der Waals surface area contributed by atoms with E-state index < -0.39 is 0 Å². The number of rotatable bonds is 6. The predicted molar refractivity (Wildman–Crippen MR) is 81.2 cm³/mol. The number of aromatic nitrogens is 3. The number of hydrogen-bond donors (Lipinski definition) is 1. The Hall–Kier alpha value is -1.70. The Labute approximate surface area is 130 Å². The van der Waals surface area contributed by atoms with Crippen LogP contribution in [0.25, 0.3) is 0 Å². The van der Waals surface area contributed by atoms with Crippen LogP contribution in [0.2, 0.25) is 0 Å². The molecule has 0 radical (unpaired) electrons. The first-order chi connectivity index (χ1) is 10.7. The van der Waals surface area contributed by atoms with Gasteiger partial charge in [-0.3, -0.25) is 14.5 Å². The van der Waals surface area contributed by atoms with Crippen LogP contribution in [0.5, 0.6) is 0 Å². The molecule has 3 rings (SSSR count). The first-order valence-electron chi connectivity index (χ1n) is 7.71. The van der Waals surface area contributed by atoms with E-state index in [2.05, 4.69) is 20.1 Å². The summed E-state index contributed by atoms with van der Waals surface area (Å²) < 4.78 is 6.87. The fraction of sp³-hybridized carbons (Fsp3) is 0.600. The highest BCUT2D eigenvalue weighted by Crippen LogP contribution is 2.09. The van der Waals surface area contributed by atoms with Gasteiger partial charge in [-0.05, 0) is 13.0 Å². The summed E-state index contributed by atoms with van der Waals surface area (Å²) in [5.41, 5.74) is 0.990. The fourth-order valence-electron chi connectivity index (χ4n) is 2.83. The van der Waals surface area contributed by atoms with Gasteiger partial charge in [-0.1, -0.05) is 5.16 Å². The Balaban J connectivity index is 1.39. The van der Waals surface area contributed by atoms with E-state index in [-0.39, 0.29) is 6.10 Å². The summed E-state index contributed by atoms with van der Waals surface area (Å²) in [5, 5.41) is 18.3. The second kappa shape index (κ2) is 7.04. The minimum absolute atomic E-state index is 0.385. The van der Waals surface area contributed by atoms with E-state index in [1.54, 1.807) is 10.9 Å². The van der Waals surface area contributed by atoms with Gasteiger partial charge in [-0.2, -0.15) is 5.10 Å². The van der Waals surface area contributed by atoms with Crippen molar-refractivity contribution in [1.82, 2.24) is 24.7 Å². The molecule has 1 saturated heterocycles. The molecule has 1 unspecified atom stereocenters. The molecule has 0 aliphatic carbocycles. The molecule has 120 valence electrons. The van der Waals surface area contributed by atoms with E-state index >= 15 is 0 Å². The van der Waals surface area contributed by atoms with Gasteiger partial charge in [0.1, 0.15) is 5.76 Å². The average Bonchev–Trinajstić information content (AvgIpc) is 3.13. The maximum Gasteiger partial charge on any atom is 0.133 e. The predicted octanol–water partition coefficient (Wildman–Crippen LogP) is 0.358. The molecule has 7 heteroatoms. The van der Waals surface area contributed by atoms with Crippen molar-refractivity contribution in [2.75, 3.05) is 32.7 Å². The summed E-state index contributed by atoms with van der Waals surface area (Å²) in [4.78, 5) is 4.67. The molecule has 3 heterocycles. The lowest BCUT2D eigenvalue weighted by molar-refractivity contribution is 0.0599. The van der Waals surface area contributed by atoms with Crippen LogP contribution >= 0.6 is 0 Å². The molecular weight excluding hydrogens is 282 g/mol. The summed E-state index contributed by atoms with van der Waals surface area (Å²) in [6, 6.07) is 3.86. The van der Waals surface area contributed by atoms with Crippen LogP contribution in [0, 0.1) is 6.92 Å². The van der Waals surface area contributed by atoms with Crippen molar-refractivity contribution in [2.24, 2.45) is 0 Å². The zero-order valence-corrected chi connectivity index (χ0v) is 12.9. The van der Waals surface area contributed by atoms with E-state index in [1.807, 2.05) is 25.3 Å². The van der Waals surface area contributed by atoms with Crippen LogP contribution < -0.4 is 0 Å². The van der Waals surface area contributed by atoms with Crippen molar-refractivity contribution in [2.45, 2.75) is 26.1 Å². The highest BCUT2D eigenvalue weighted by Gasteiger charge is 2.20. The lowest BCUT2D eigenvalue weighted by Gasteiger charge is -2.35. The third-order valence-electron chi connectivity index (χ3n) is 3.95. The lowest BCUT2D eigenvalue weighted by atomic mass is 10.2. The van der Waals surface area contributed by atoms with Gasteiger partial charge >= 0.3 is 0 Å². The number of aliphatic hydroxyl groups excluding tert-OH is 1. The van der Waals surface area contributed by atoms with Gasteiger partial charge in [0.15, 0.2) is 0 Å². The molecule has 22 heavy (non-hydrogen) atoms. The highest BCUT2D eigenvalue weighted by molar-refractivity contribution is 5.03. The Morgan fingerprint density at radius 3 is 2.64 bits per heavy atom. The molecule has 1 aliphatic heterocycles. The van der Waals surface area contributed by atoms with Gasteiger partial charge in [0.2, 0.25) is 0 Å². The molecule has 0 spiro atoms. The third kappa shape index (κ3) is 4.16. The van der Waals surface area contributed by atoms with Crippen molar-refractivity contribution >= 4 is 0 Å². The monoisotopic (exact) mass is 305 g/mol. The molecule has 0 amide bonds. The van der Waals surface area contributed by atoms with Crippen molar-refractivity contribution < 1.29 is 9.63 Å². The molecule has 0 aromatic carbocycles. The first kappa shape index (κ1) is 15.2. The second-order valence-corrected chi connectivity index (χ2v) is 5.89. The molecule has 1 fully saturated rings. The molecule has 0 bridgehead atoms. The normalized spacial score (nSPS) is 18.6. The quantitative estimate of drug-likeness (QED) is 0.831. The van der Waals surface area contributed by atoms with Crippen molar-refractivity contribution in [3.63, 3.8) is 0 Å². The van der Waals surface area contributed by atoms with Crippen molar-refractivity contribution in [3.8, 4) is 0 Å². The van der Waals surface area contributed by atoms with E-state index in [9.17, 15) is 5.11 Å². The summed E-state index contributed by atoms with van der Waals surface area (Å²) in [6.07, 6.45) is 3.22. The molecule has 7 nitrogen and oxygen atoms in total. The average molecular weight is 305 g/mol. The van der Waals surface area contributed by atoms with Gasteiger partial charge in [0, 0.05) is 57.7 Å². The summed E-state index contributed by atoms with van der Waals surface area (Å²) in [7, 11) is 0. The van der Waals surface area contributed by atoms with Gasteiger partial charge in [-0.25, -0.2) is 0 Å². The Bertz CT molecular complexity index is 560. The smallest absolute Gasteiger partial charge is 0.133 e. The Kier molecular flexibility index (Phi) is 4.87. The maximum absolute atomic E-state index is 10.1. The molecule has 2 aromatic heterocycles. The number of aliphatic hydroxyl groups is 1. The van der Waals surface area contributed by atoms with E-state index in [4.69, 9.17) is 4.52 Å². The van der Waals surface area contributed by atoms with Crippen LogP contribution in [0.1, 0.15) is 11.5 Å². The molecule has 0 saturated carbocycles. The second-order valence-electron chi connectivity index (χ2n) is 5.89. The third-order valence-corrected chi connectivity index (χ3v) is 3.95. The molecule has 2 aromatic rings. The fourth-order valence-corrected chi connectivity index (χ4v) is 2.83. The SMILES string of the molecule is Cc1cc(CN2CCN(CC(O)Cn3cccn3)CC2)no1. The van der Waals surface area contributed by atoms with Gasteiger partial charge in [0.05, 0.1) is 18.3 Å². The number of piperazine rings is 1. The van der Waals surface area contributed by atoms with Crippen LogP contribution in [0.15, 0.2) is 29.0 Å². The number of nitrogens with zero attached hydrogens (tertiary/aromatic N) is 5. The van der Waals surface area contributed by atoms with Crippen LogP contribution in [-0.4, -0.2) is 68.7 Å². The Morgan fingerprint density at radius 2 is 2.00 bits per heavy atom. The lowest BCUT2D eigenvalue weighted by Crippen LogP contribution is -2.48. The Morgan fingerprint density at radius 1 is 1.23 bits per heavy atom.